The van der Waals surface area contributed by atoms with Gasteiger partial charge in [0.1, 0.15) is 6.33 Å². The lowest BCUT2D eigenvalue weighted by molar-refractivity contribution is 0.205. The van der Waals surface area contributed by atoms with Crippen molar-refractivity contribution in [2.24, 2.45) is 5.73 Å². The van der Waals surface area contributed by atoms with Crippen LogP contribution in [0.3, 0.4) is 0 Å². The third-order valence-electron chi connectivity index (χ3n) is 2.69. The lowest BCUT2D eigenvalue weighted by Crippen LogP contribution is -2.31. The quantitative estimate of drug-likeness (QED) is 0.728. The van der Waals surface area contributed by atoms with Crippen LogP contribution in [0.2, 0.25) is 0 Å². The minimum absolute atomic E-state index is 0.482. The number of thiocarbonyl (C=S) groups is 1. The Balaban J connectivity index is 2.25. The predicted octanol–water partition coefficient (Wildman–Crippen LogP) is 0.253. The minimum Gasteiger partial charge on any atom is -0.393 e. The van der Waals surface area contributed by atoms with Crippen molar-refractivity contribution < 1.29 is 4.74 Å². The highest BCUT2D eigenvalue weighted by atomic mass is 32.1. The third-order valence-corrected chi connectivity index (χ3v) is 2.89. The molecule has 0 radical (unpaired) electrons. The number of hydrogen-bond donors (Lipinski definition) is 1. The van der Waals surface area contributed by atoms with Crippen LogP contribution in [-0.4, -0.2) is 51.4 Å². The van der Waals surface area contributed by atoms with E-state index in [1.54, 1.807) is 25.8 Å². The van der Waals surface area contributed by atoms with Crippen LogP contribution in [0.5, 0.6) is 0 Å². The second-order valence-corrected chi connectivity index (χ2v) is 4.53. The van der Waals surface area contributed by atoms with E-state index >= 15 is 0 Å². The molecule has 2 aromatic rings. The maximum atomic E-state index is 5.56. The zero-order chi connectivity index (χ0) is 13.7. The summed E-state index contributed by atoms with van der Waals surface area (Å²) >= 11 is 4.92. The monoisotopic (exact) mass is 280 g/mol. The first-order chi connectivity index (χ1) is 9.22. The summed E-state index contributed by atoms with van der Waals surface area (Å²) in [4.78, 5) is 6.90. The first-order valence-corrected chi connectivity index (χ1v) is 6.29. The van der Waals surface area contributed by atoms with Crippen LogP contribution in [0, 0.1) is 0 Å². The van der Waals surface area contributed by atoms with E-state index in [1.165, 1.54) is 0 Å². The molecule has 0 spiro atoms. The minimum atomic E-state index is 0.482. The fourth-order valence-corrected chi connectivity index (χ4v) is 1.83. The van der Waals surface area contributed by atoms with Gasteiger partial charge < -0.3 is 15.4 Å². The van der Waals surface area contributed by atoms with Crippen molar-refractivity contribution in [3.63, 3.8) is 0 Å². The third kappa shape index (κ3) is 3.36. The van der Waals surface area contributed by atoms with Crippen LogP contribution in [0.4, 0.5) is 5.82 Å². The largest absolute Gasteiger partial charge is 0.393 e. The van der Waals surface area contributed by atoms with Crippen molar-refractivity contribution in [1.82, 2.24) is 19.6 Å². The Morgan fingerprint density at radius 1 is 1.53 bits per heavy atom. The number of rotatable bonds is 7. The highest BCUT2D eigenvalue weighted by Gasteiger charge is 2.13. The van der Waals surface area contributed by atoms with Gasteiger partial charge in [0.05, 0.1) is 11.6 Å². The second kappa shape index (κ2) is 6.39. The molecule has 0 aromatic carbocycles. The van der Waals surface area contributed by atoms with E-state index in [2.05, 4.69) is 15.2 Å². The first kappa shape index (κ1) is 13.6. The van der Waals surface area contributed by atoms with Crippen molar-refractivity contribution in [2.75, 3.05) is 31.7 Å². The normalized spacial score (nSPS) is 10.8. The van der Waals surface area contributed by atoms with Gasteiger partial charge in [-0.15, -0.1) is 10.2 Å². The topological polar surface area (TPSA) is 81.6 Å². The maximum absolute atomic E-state index is 5.56. The fourth-order valence-electron chi connectivity index (χ4n) is 1.74. The van der Waals surface area contributed by atoms with E-state index in [9.17, 15) is 0 Å². The molecular weight excluding hydrogens is 264 g/mol. The molecule has 2 rings (SSSR count). The molecule has 0 aliphatic carbocycles. The van der Waals surface area contributed by atoms with Gasteiger partial charge in [0.2, 0.25) is 5.65 Å². The summed E-state index contributed by atoms with van der Waals surface area (Å²) in [6.07, 6.45) is 5.78. The van der Waals surface area contributed by atoms with Crippen molar-refractivity contribution in [2.45, 2.75) is 6.42 Å². The Bertz CT molecular complexity index is 557. The van der Waals surface area contributed by atoms with Gasteiger partial charge in [-0.3, -0.25) is 4.40 Å². The van der Waals surface area contributed by atoms with E-state index in [4.69, 9.17) is 22.7 Å². The molecule has 0 aliphatic rings. The Labute approximate surface area is 116 Å². The van der Waals surface area contributed by atoms with Crippen LogP contribution in [0.1, 0.15) is 6.42 Å². The SMILES string of the molecule is COCCN(CCC(N)=S)c1nccn2cnnc12. The summed E-state index contributed by atoms with van der Waals surface area (Å²) in [7, 11) is 1.66. The van der Waals surface area contributed by atoms with E-state index in [0.717, 1.165) is 5.82 Å². The Morgan fingerprint density at radius 3 is 3.11 bits per heavy atom. The smallest absolute Gasteiger partial charge is 0.203 e. The Kier molecular flexibility index (Phi) is 4.58. The summed E-state index contributed by atoms with van der Waals surface area (Å²) < 4.78 is 6.94. The van der Waals surface area contributed by atoms with Gasteiger partial charge >= 0.3 is 0 Å². The second-order valence-electron chi connectivity index (χ2n) is 4.01. The van der Waals surface area contributed by atoms with Crippen molar-refractivity contribution in [3.8, 4) is 0 Å². The summed E-state index contributed by atoms with van der Waals surface area (Å²) in [6.45, 7) is 1.96. The molecule has 7 nitrogen and oxygen atoms in total. The molecule has 0 fully saturated rings. The van der Waals surface area contributed by atoms with Gasteiger partial charge in [0, 0.05) is 39.0 Å². The van der Waals surface area contributed by atoms with Gasteiger partial charge in [-0.1, -0.05) is 12.2 Å². The zero-order valence-electron chi connectivity index (χ0n) is 10.7. The number of hydrogen-bond acceptors (Lipinski definition) is 6. The molecule has 2 heterocycles. The van der Waals surface area contributed by atoms with Crippen LogP contribution >= 0.6 is 12.2 Å². The summed E-state index contributed by atoms with van der Waals surface area (Å²) in [5.41, 5.74) is 6.27. The summed E-state index contributed by atoms with van der Waals surface area (Å²) in [6, 6.07) is 0. The van der Waals surface area contributed by atoms with Gasteiger partial charge in [-0.2, -0.15) is 0 Å². The van der Waals surface area contributed by atoms with Crippen molar-refractivity contribution in [1.29, 1.82) is 0 Å². The number of aromatic nitrogens is 4. The number of ether oxygens (including phenoxy) is 1. The van der Waals surface area contributed by atoms with Crippen LogP contribution < -0.4 is 10.6 Å². The summed E-state index contributed by atoms with van der Waals surface area (Å²) in [5, 5.41) is 7.96. The number of methoxy groups -OCH3 is 1. The number of fused-ring (bicyclic) bond motifs is 1. The molecule has 0 amide bonds. The van der Waals surface area contributed by atoms with Crippen LogP contribution in [0.25, 0.3) is 5.65 Å². The van der Waals surface area contributed by atoms with Crippen molar-refractivity contribution >= 4 is 28.7 Å². The molecule has 0 saturated heterocycles. The van der Waals surface area contributed by atoms with E-state index in [-0.39, 0.29) is 0 Å². The standard InChI is InChI=1S/C11H16N6OS/c1-18-7-6-16(4-2-9(12)19)10-11-15-14-8-17(11)5-3-13-10/h3,5,8H,2,4,6-7H2,1H3,(H2,12,19). The van der Waals surface area contributed by atoms with Gasteiger partial charge in [0.15, 0.2) is 5.82 Å². The average Bonchev–Trinajstić information content (AvgIpc) is 2.87. The molecule has 0 aliphatic heterocycles. The molecule has 102 valence electrons. The Morgan fingerprint density at radius 2 is 2.37 bits per heavy atom. The molecule has 0 saturated carbocycles. The molecule has 2 N–H and O–H groups in total. The highest BCUT2D eigenvalue weighted by molar-refractivity contribution is 7.80. The highest BCUT2D eigenvalue weighted by Crippen LogP contribution is 2.16. The number of nitrogens with zero attached hydrogens (tertiary/aromatic N) is 5. The molecular formula is C11H16N6OS. The molecule has 0 bridgehead atoms. The molecule has 0 unspecified atom stereocenters. The summed E-state index contributed by atoms with van der Waals surface area (Å²) in [5.74, 6) is 0.758. The van der Waals surface area contributed by atoms with E-state index < -0.39 is 0 Å². The van der Waals surface area contributed by atoms with Crippen LogP contribution in [-0.2, 0) is 4.74 Å². The Hall–Kier alpha value is -1.80. The van der Waals surface area contributed by atoms with E-state index in [0.29, 0.717) is 36.8 Å². The molecule has 8 heteroatoms. The lowest BCUT2D eigenvalue weighted by atomic mass is 10.3. The number of nitrogens with two attached hydrogens (primary N) is 1. The number of anilines is 1. The van der Waals surface area contributed by atoms with Crippen molar-refractivity contribution in [3.05, 3.63) is 18.7 Å². The molecule has 0 atom stereocenters. The average molecular weight is 280 g/mol. The lowest BCUT2D eigenvalue weighted by Gasteiger charge is -2.23. The van der Waals surface area contributed by atoms with Crippen LogP contribution in [0.15, 0.2) is 18.7 Å². The molecule has 19 heavy (non-hydrogen) atoms. The fraction of sp³-hybridized carbons (Fsp3) is 0.455. The van der Waals surface area contributed by atoms with Gasteiger partial charge in [-0.25, -0.2) is 4.98 Å². The van der Waals surface area contributed by atoms with Gasteiger partial charge in [0.25, 0.3) is 0 Å². The van der Waals surface area contributed by atoms with E-state index in [1.807, 2.05) is 9.30 Å². The predicted molar refractivity (Wildman–Crippen MR) is 76.3 cm³/mol. The molecule has 2 aromatic heterocycles. The zero-order valence-corrected chi connectivity index (χ0v) is 11.5. The first-order valence-electron chi connectivity index (χ1n) is 5.89. The van der Waals surface area contributed by atoms with Gasteiger partial charge in [-0.05, 0) is 0 Å². The maximum Gasteiger partial charge on any atom is 0.203 e.